The Morgan fingerprint density at radius 3 is 2.81 bits per heavy atom. The highest BCUT2D eigenvalue weighted by Crippen LogP contribution is 2.23. The fourth-order valence-electron chi connectivity index (χ4n) is 2.07. The fraction of sp³-hybridized carbons (Fsp3) is 0.250. The normalized spacial score (nSPS) is 10.9. The predicted octanol–water partition coefficient (Wildman–Crippen LogP) is 1.82. The molecule has 1 aromatic heterocycles. The number of rotatable bonds is 3. The average Bonchev–Trinajstić information content (AvgIpc) is 2.65. The van der Waals surface area contributed by atoms with Gasteiger partial charge in [-0.25, -0.2) is 4.79 Å². The minimum absolute atomic E-state index is 0.333. The summed E-state index contributed by atoms with van der Waals surface area (Å²) in [5.41, 5.74) is 7.88. The molecule has 16 heavy (non-hydrogen) atoms. The Bertz CT molecular complexity index is 543. The number of nitrogens with zero attached hydrogens (tertiary/aromatic N) is 1. The number of hydrogen-bond acceptors (Lipinski definition) is 2. The van der Waals surface area contributed by atoms with E-state index in [9.17, 15) is 4.79 Å². The van der Waals surface area contributed by atoms with Crippen LogP contribution in [0.3, 0.4) is 0 Å². The summed E-state index contributed by atoms with van der Waals surface area (Å²) in [6, 6.07) is 7.16. The second-order valence-corrected chi connectivity index (χ2v) is 3.63. The zero-order chi connectivity index (χ0) is 11.7. The number of benzene rings is 1. The molecule has 0 spiro atoms. The second kappa shape index (κ2) is 3.98. The van der Waals surface area contributed by atoms with Crippen molar-refractivity contribution in [2.75, 3.05) is 0 Å². The lowest BCUT2D eigenvalue weighted by Gasteiger charge is -2.05. The summed E-state index contributed by atoms with van der Waals surface area (Å²) in [4.78, 5) is 11.1. The van der Waals surface area contributed by atoms with E-state index in [2.05, 4.69) is 0 Å². The Morgan fingerprint density at radius 1 is 1.50 bits per heavy atom. The van der Waals surface area contributed by atoms with Crippen LogP contribution in [-0.4, -0.2) is 15.6 Å². The highest BCUT2D eigenvalue weighted by molar-refractivity contribution is 6.03. The van der Waals surface area contributed by atoms with Gasteiger partial charge in [-0.05, 0) is 25.1 Å². The summed E-state index contributed by atoms with van der Waals surface area (Å²) < 4.78 is 2.04. The first kappa shape index (κ1) is 10.7. The highest BCUT2D eigenvalue weighted by Gasteiger charge is 2.13. The second-order valence-electron chi connectivity index (χ2n) is 3.63. The van der Waals surface area contributed by atoms with Crippen LogP contribution in [0.2, 0.25) is 0 Å². The first-order chi connectivity index (χ1) is 7.69. The van der Waals surface area contributed by atoms with E-state index < -0.39 is 5.97 Å². The predicted molar refractivity (Wildman–Crippen MR) is 62.5 cm³/mol. The molecule has 0 radical (unpaired) electrons. The van der Waals surface area contributed by atoms with E-state index in [1.807, 2.05) is 23.6 Å². The number of carboxylic acids is 1. The molecule has 0 atom stereocenters. The van der Waals surface area contributed by atoms with Crippen molar-refractivity contribution in [2.24, 2.45) is 5.73 Å². The van der Waals surface area contributed by atoms with Crippen molar-refractivity contribution in [1.82, 2.24) is 4.57 Å². The number of aryl methyl sites for hydroxylation is 1. The molecule has 0 fully saturated rings. The van der Waals surface area contributed by atoms with Gasteiger partial charge in [0.1, 0.15) is 0 Å². The van der Waals surface area contributed by atoms with Crippen molar-refractivity contribution in [3.63, 3.8) is 0 Å². The number of aromatic nitrogens is 1. The number of carboxylic acid groups (broad SMARTS) is 1. The quantitative estimate of drug-likeness (QED) is 0.825. The summed E-state index contributed by atoms with van der Waals surface area (Å²) >= 11 is 0. The summed E-state index contributed by atoms with van der Waals surface area (Å²) in [5, 5.41) is 9.85. The van der Waals surface area contributed by atoms with Gasteiger partial charge in [0, 0.05) is 29.7 Å². The van der Waals surface area contributed by atoms with Crippen molar-refractivity contribution in [1.29, 1.82) is 0 Å². The third-order valence-corrected chi connectivity index (χ3v) is 2.79. The molecule has 4 heteroatoms. The van der Waals surface area contributed by atoms with Gasteiger partial charge in [0.2, 0.25) is 0 Å². The maximum atomic E-state index is 11.1. The van der Waals surface area contributed by atoms with Crippen LogP contribution in [0.4, 0.5) is 0 Å². The van der Waals surface area contributed by atoms with Gasteiger partial charge in [-0.15, -0.1) is 0 Å². The van der Waals surface area contributed by atoms with Crippen molar-refractivity contribution in [2.45, 2.75) is 20.0 Å². The smallest absolute Gasteiger partial charge is 0.336 e. The summed E-state index contributed by atoms with van der Waals surface area (Å²) in [6.45, 7) is 3.23. The molecular weight excluding hydrogens is 204 g/mol. The molecule has 0 unspecified atom stereocenters. The lowest BCUT2D eigenvalue weighted by Crippen LogP contribution is -2.05. The topological polar surface area (TPSA) is 68.2 Å². The molecule has 0 saturated heterocycles. The monoisotopic (exact) mass is 218 g/mol. The van der Waals surface area contributed by atoms with E-state index in [1.54, 1.807) is 12.1 Å². The molecule has 0 saturated carbocycles. The molecule has 0 aliphatic heterocycles. The molecule has 2 aromatic rings. The van der Waals surface area contributed by atoms with E-state index in [1.165, 1.54) is 0 Å². The van der Waals surface area contributed by atoms with Gasteiger partial charge in [0.05, 0.1) is 5.56 Å². The first-order valence-corrected chi connectivity index (χ1v) is 5.23. The minimum atomic E-state index is -0.901. The van der Waals surface area contributed by atoms with Gasteiger partial charge in [-0.3, -0.25) is 0 Å². The number of carbonyl (C=O) groups is 1. The number of aromatic carboxylic acids is 1. The SMILES string of the molecule is CCn1c(CN)cc2c(C(=O)O)cccc21. The number of nitrogens with two attached hydrogens (primary N) is 1. The standard InChI is InChI=1S/C12H14N2O2/c1-2-14-8(7-13)6-10-9(12(15)16)4-3-5-11(10)14/h3-6H,2,7,13H2,1H3,(H,15,16). The number of fused-ring (bicyclic) bond motifs is 1. The van der Waals surface area contributed by atoms with Crippen LogP contribution in [0.1, 0.15) is 23.0 Å². The van der Waals surface area contributed by atoms with Crippen LogP contribution >= 0.6 is 0 Å². The molecule has 0 bridgehead atoms. The van der Waals surface area contributed by atoms with E-state index in [-0.39, 0.29) is 0 Å². The van der Waals surface area contributed by atoms with E-state index >= 15 is 0 Å². The molecule has 1 heterocycles. The lowest BCUT2D eigenvalue weighted by molar-refractivity contribution is 0.0699. The van der Waals surface area contributed by atoms with Crippen LogP contribution in [-0.2, 0) is 13.1 Å². The molecule has 0 amide bonds. The van der Waals surface area contributed by atoms with Crippen molar-refractivity contribution < 1.29 is 9.90 Å². The van der Waals surface area contributed by atoms with Crippen molar-refractivity contribution >= 4 is 16.9 Å². The first-order valence-electron chi connectivity index (χ1n) is 5.23. The van der Waals surface area contributed by atoms with Crippen LogP contribution in [0.25, 0.3) is 10.9 Å². The summed E-state index contributed by atoms with van der Waals surface area (Å²) in [7, 11) is 0. The molecule has 84 valence electrons. The molecule has 0 aliphatic rings. The van der Waals surface area contributed by atoms with Crippen molar-refractivity contribution in [3.05, 3.63) is 35.5 Å². The van der Waals surface area contributed by atoms with Gasteiger partial charge < -0.3 is 15.4 Å². The molecule has 4 nitrogen and oxygen atoms in total. The van der Waals surface area contributed by atoms with E-state index in [0.29, 0.717) is 12.1 Å². The van der Waals surface area contributed by atoms with Gasteiger partial charge in [-0.1, -0.05) is 6.07 Å². The van der Waals surface area contributed by atoms with Crippen LogP contribution in [0, 0.1) is 0 Å². The average molecular weight is 218 g/mol. The molecule has 0 aliphatic carbocycles. The van der Waals surface area contributed by atoms with Crippen LogP contribution < -0.4 is 5.73 Å². The Kier molecular flexibility index (Phi) is 2.66. The lowest BCUT2D eigenvalue weighted by atomic mass is 10.1. The highest BCUT2D eigenvalue weighted by atomic mass is 16.4. The maximum absolute atomic E-state index is 11.1. The van der Waals surface area contributed by atoms with Gasteiger partial charge in [0.15, 0.2) is 0 Å². The summed E-state index contributed by atoms with van der Waals surface area (Å²) in [6.07, 6.45) is 0. The maximum Gasteiger partial charge on any atom is 0.336 e. The minimum Gasteiger partial charge on any atom is -0.478 e. The largest absolute Gasteiger partial charge is 0.478 e. The Hall–Kier alpha value is -1.81. The number of hydrogen-bond donors (Lipinski definition) is 2. The summed E-state index contributed by atoms with van der Waals surface area (Å²) in [5.74, 6) is -0.901. The zero-order valence-electron chi connectivity index (χ0n) is 9.10. The third kappa shape index (κ3) is 1.47. The van der Waals surface area contributed by atoms with E-state index in [4.69, 9.17) is 10.8 Å². The van der Waals surface area contributed by atoms with Gasteiger partial charge in [-0.2, -0.15) is 0 Å². The van der Waals surface area contributed by atoms with Crippen LogP contribution in [0.5, 0.6) is 0 Å². The van der Waals surface area contributed by atoms with Crippen molar-refractivity contribution in [3.8, 4) is 0 Å². The third-order valence-electron chi connectivity index (χ3n) is 2.79. The van der Waals surface area contributed by atoms with Gasteiger partial charge >= 0.3 is 5.97 Å². The fourth-order valence-corrected chi connectivity index (χ4v) is 2.07. The zero-order valence-corrected chi connectivity index (χ0v) is 9.10. The molecule has 1 aromatic carbocycles. The van der Waals surface area contributed by atoms with Gasteiger partial charge in [0.25, 0.3) is 0 Å². The molecule has 2 rings (SSSR count). The Balaban J connectivity index is 2.80. The Morgan fingerprint density at radius 2 is 2.25 bits per heavy atom. The van der Waals surface area contributed by atoms with E-state index in [0.717, 1.165) is 23.1 Å². The van der Waals surface area contributed by atoms with Crippen LogP contribution in [0.15, 0.2) is 24.3 Å². The molecule has 3 N–H and O–H groups in total. The molecular formula is C12H14N2O2. The Labute approximate surface area is 93.3 Å².